The molecule has 1 aliphatic rings. The summed E-state index contributed by atoms with van der Waals surface area (Å²) in [5.41, 5.74) is 8.05. The number of hydrogen-bond acceptors (Lipinski definition) is 4. The molecule has 0 fully saturated rings. The third-order valence-electron chi connectivity index (χ3n) is 7.55. The molecule has 4 rings (SSSR count). The van der Waals surface area contributed by atoms with Crippen LogP contribution >= 0.6 is 0 Å². The van der Waals surface area contributed by atoms with Gasteiger partial charge in [-0.15, -0.1) is 0 Å². The molecule has 186 valence electrons. The first-order chi connectivity index (χ1) is 16.8. The van der Waals surface area contributed by atoms with E-state index in [1.54, 1.807) is 7.11 Å². The summed E-state index contributed by atoms with van der Waals surface area (Å²) in [6.45, 7) is 9.52. The normalized spacial score (nSPS) is 15.5. The topological polar surface area (TPSA) is 44.7 Å². The summed E-state index contributed by atoms with van der Waals surface area (Å²) in [6.07, 6.45) is 3.08. The van der Waals surface area contributed by atoms with Gasteiger partial charge in [0.1, 0.15) is 11.5 Å². The lowest BCUT2D eigenvalue weighted by Crippen LogP contribution is -2.30. The summed E-state index contributed by atoms with van der Waals surface area (Å²) in [6, 6.07) is 21.5. The second-order valence-corrected chi connectivity index (χ2v) is 10.4. The Balaban J connectivity index is 1.61. The Morgan fingerprint density at radius 3 is 2.49 bits per heavy atom. The van der Waals surface area contributed by atoms with E-state index < -0.39 is 0 Å². The maximum Gasteiger partial charge on any atom is 0.120 e. The molecule has 35 heavy (non-hydrogen) atoms. The van der Waals surface area contributed by atoms with Gasteiger partial charge in [-0.05, 0) is 85.2 Å². The lowest BCUT2D eigenvalue weighted by Gasteiger charge is -2.32. The predicted octanol–water partition coefficient (Wildman–Crippen LogP) is 6.20. The highest BCUT2D eigenvalue weighted by molar-refractivity contribution is 5.60. The van der Waals surface area contributed by atoms with Crippen LogP contribution in [0.3, 0.4) is 0 Å². The average Bonchev–Trinajstić information content (AvgIpc) is 2.87. The van der Waals surface area contributed by atoms with E-state index in [0.29, 0.717) is 11.7 Å². The Morgan fingerprint density at radius 1 is 1.03 bits per heavy atom. The first-order valence-electron chi connectivity index (χ1n) is 12.8. The Hall–Kier alpha value is -2.98. The van der Waals surface area contributed by atoms with Crippen molar-refractivity contribution >= 4 is 5.69 Å². The van der Waals surface area contributed by atoms with Gasteiger partial charge >= 0.3 is 0 Å². The lowest BCUT2D eigenvalue weighted by atomic mass is 9.79. The van der Waals surface area contributed by atoms with Crippen LogP contribution in [0.2, 0.25) is 0 Å². The third kappa shape index (κ3) is 5.65. The molecule has 3 aromatic carbocycles. The molecule has 0 spiro atoms. The van der Waals surface area contributed by atoms with E-state index in [-0.39, 0.29) is 5.41 Å². The molecule has 4 nitrogen and oxygen atoms in total. The van der Waals surface area contributed by atoms with Crippen LogP contribution in [0.4, 0.5) is 5.69 Å². The van der Waals surface area contributed by atoms with Crippen LogP contribution < -0.4 is 15.0 Å². The van der Waals surface area contributed by atoms with Gasteiger partial charge in [0, 0.05) is 36.8 Å². The zero-order valence-electron chi connectivity index (χ0n) is 21.9. The van der Waals surface area contributed by atoms with Crippen LogP contribution in [0.1, 0.15) is 60.9 Å². The van der Waals surface area contributed by atoms with Gasteiger partial charge < -0.3 is 20.1 Å². The fourth-order valence-corrected chi connectivity index (χ4v) is 5.47. The number of fused-ring (bicyclic) bond motifs is 1. The number of rotatable bonds is 9. The van der Waals surface area contributed by atoms with Crippen LogP contribution in [-0.4, -0.2) is 32.4 Å². The molecular weight excluding hydrogens is 432 g/mol. The van der Waals surface area contributed by atoms with Crippen LogP contribution in [0.25, 0.3) is 0 Å². The summed E-state index contributed by atoms with van der Waals surface area (Å²) in [7, 11) is 3.75. The van der Waals surface area contributed by atoms with E-state index >= 15 is 0 Å². The smallest absolute Gasteiger partial charge is 0.120 e. The van der Waals surface area contributed by atoms with Crippen LogP contribution in [0.15, 0.2) is 60.7 Å². The maximum atomic E-state index is 9.88. The largest absolute Gasteiger partial charge is 0.508 e. The molecule has 1 atom stereocenters. The number of methoxy groups -OCH3 is 1. The molecule has 0 saturated heterocycles. The maximum absolute atomic E-state index is 9.88. The van der Waals surface area contributed by atoms with E-state index in [1.165, 1.54) is 33.5 Å². The molecule has 3 aromatic rings. The van der Waals surface area contributed by atoms with Crippen molar-refractivity contribution in [1.29, 1.82) is 0 Å². The standard InChI is InChI=1S/C31H40N2O2/c1-6-33(20-22-7-12-26(13-8-22)31(2,3)21-32-4)30-19-28(35-5)15-16-29(30)25-10-9-24-18-27(34)14-11-23(24)17-25/h7-8,11-16,18-19,25,32,34H,6,9-10,17,20-21H2,1-5H3/t25-/m1/s1. The molecule has 0 saturated carbocycles. The van der Waals surface area contributed by atoms with Gasteiger partial charge in [-0.25, -0.2) is 0 Å². The summed E-state index contributed by atoms with van der Waals surface area (Å²) >= 11 is 0. The number of nitrogens with one attached hydrogen (secondary N) is 1. The molecule has 0 heterocycles. The SMILES string of the molecule is CCN(Cc1ccc(C(C)(C)CNC)cc1)c1cc(OC)ccc1[C@@H]1CCc2cc(O)ccc2C1. The third-order valence-corrected chi connectivity index (χ3v) is 7.55. The van der Waals surface area contributed by atoms with E-state index in [9.17, 15) is 5.11 Å². The molecule has 0 radical (unpaired) electrons. The Bertz CT molecular complexity index is 1140. The molecular formula is C31H40N2O2. The van der Waals surface area contributed by atoms with Crippen molar-refractivity contribution in [2.45, 2.75) is 57.9 Å². The number of ether oxygens (including phenoxy) is 1. The number of phenolic OH excluding ortho intramolecular Hbond substituents is 1. The highest BCUT2D eigenvalue weighted by Crippen LogP contribution is 2.40. The summed E-state index contributed by atoms with van der Waals surface area (Å²) in [5, 5.41) is 13.2. The second kappa shape index (κ2) is 10.7. The molecule has 1 aliphatic carbocycles. The van der Waals surface area contributed by atoms with Crippen molar-refractivity contribution in [1.82, 2.24) is 5.32 Å². The quantitative estimate of drug-likeness (QED) is 0.389. The van der Waals surface area contributed by atoms with E-state index in [1.807, 2.05) is 19.2 Å². The van der Waals surface area contributed by atoms with Crippen LogP contribution in [-0.2, 0) is 24.8 Å². The second-order valence-electron chi connectivity index (χ2n) is 10.4. The van der Waals surface area contributed by atoms with E-state index in [2.05, 4.69) is 79.5 Å². The van der Waals surface area contributed by atoms with Crippen molar-refractivity contribution < 1.29 is 9.84 Å². The van der Waals surface area contributed by atoms with Gasteiger partial charge in [-0.2, -0.15) is 0 Å². The summed E-state index contributed by atoms with van der Waals surface area (Å²) in [5.74, 6) is 1.71. The Labute approximate surface area is 211 Å². The summed E-state index contributed by atoms with van der Waals surface area (Å²) in [4.78, 5) is 2.47. The zero-order valence-corrected chi connectivity index (χ0v) is 21.9. The first kappa shape index (κ1) is 25.1. The Kier molecular flexibility index (Phi) is 7.71. The highest BCUT2D eigenvalue weighted by atomic mass is 16.5. The van der Waals surface area contributed by atoms with Gasteiger partial charge in [0.25, 0.3) is 0 Å². The molecule has 0 aliphatic heterocycles. The summed E-state index contributed by atoms with van der Waals surface area (Å²) < 4.78 is 5.63. The minimum absolute atomic E-state index is 0.103. The molecule has 4 heteroatoms. The van der Waals surface area contributed by atoms with Crippen molar-refractivity contribution in [2.75, 3.05) is 32.1 Å². The fourth-order valence-electron chi connectivity index (χ4n) is 5.47. The zero-order chi connectivity index (χ0) is 25.0. The average molecular weight is 473 g/mol. The van der Waals surface area contributed by atoms with Gasteiger partial charge in [0.05, 0.1) is 7.11 Å². The number of aryl methyl sites for hydroxylation is 1. The minimum atomic E-state index is 0.103. The van der Waals surface area contributed by atoms with Crippen molar-refractivity contribution in [2.24, 2.45) is 0 Å². The van der Waals surface area contributed by atoms with Crippen molar-refractivity contribution in [3.63, 3.8) is 0 Å². The number of anilines is 1. The number of nitrogens with zero attached hydrogens (tertiary/aromatic N) is 1. The number of phenols is 1. The molecule has 2 N–H and O–H groups in total. The van der Waals surface area contributed by atoms with Crippen LogP contribution in [0.5, 0.6) is 11.5 Å². The number of aromatic hydroxyl groups is 1. The molecule has 0 amide bonds. The molecule has 0 unspecified atom stereocenters. The van der Waals surface area contributed by atoms with E-state index in [0.717, 1.165) is 44.6 Å². The fraction of sp³-hybridized carbons (Fsp3) is 0.419. The first-order valence-corrected chi connectivity index (χ1v) is 12.8. The van der Waals surface area contributed by atoms with Crippen molar-refractivity contribution in [3.8, 4) is 11.5 Å². The van der Waals surface area contributed by atoms with Crippen molar-refractivity contribution in [3.05, 3.63) is 88.5 Å². The van der Waals surface area contributed by atoms with Gasteiger partial charge in [-0.1, -0.05) is 50.2 Å². The van der Waals surface area contributed by atoms with Gasteiger partial charge in [-0.3, -0.25) is 0 Å². The molecule has 0 bridgehead atoms. The van der Waals surface area contributed by atoms with E-state index in [4.69, 9.17) is 4.74 Å². The predicted molar refractivity (Wildman–Crippen MR) is 146 cm³/mol. The number of benzene rings is 3. The Morgan fingerprint density at radius 2 is 1.80 bits per heavy atom. The lowest BCUT2D eigenvalue weighted by molar-refractivity contribution is 0.414. The van der Waals surface area contributed by atoms with Gasteiger partial charge in [0.2, 0.25) is 0 Å². The van der Waals surface area contributed by atoms with Gasteiger partial charge in [0.15, 0.2) is 0 Å². The monoisotopic (exact) mass is 472 g/mol. The number of hydrogen-bond donors (Lipinski definition) is 2. The van der Waals surface area contributed by atoms with Crippen LogP contribution in [0, 0.1) is 0 Å². The highest BCUT2D eigenvalue weighted by Gasteiger charge is 2.25. The molecule has 0 aromatic heterocycles. The minimum Gasteiger partial charge on any atom is -0.508 e. The number of likely N-dealkylation sites (N-methyl/N-ethyl adjacent to an activating group) is 1.